The third-order valence-corrected chi connectivity index (χ3v) is 3.18. The van der Waals surface area contributed by atoms with Crippen molar-refractivity contribution in [1.82, 2.24) is 14.5 Å². The van der Waals surface area contributed by atoms with Gasteiger partial charge in [-0.05, 0) is 18.9 Å². The number of pyridine rings is 1. The number of H-pyrrole nitrogens is 1. The highest BCUT2D eigenvalue weighted by atomic mass is 16.5. The van der Waals surface area contributed by atoms with Crippen molar-refractivity contribution < 1.29 is 9.53 Å². The van der Waals surface area contributed by atoms with Crippen LogP contribution in [0.4, 0.5) is 0 Å². The van der Waals surface area contributed by atoms with Crippen molar-refractivity contribution in [2.24, 2.45) is 7.05 Å². The number of aromatic nitrogens is 3. The highest BCUT2D eigenvalue weighted by molar-refractivity contribution is 6.02. The van der Waals surface area contributed by atoms with E-state index in [4.69, 9.17) is 4.74 Å². The van der Waals surface area contributed by atoms with Crippen LogP contribution >= 0.6 is 0 Å². The summed E-state index contributed by atoms with van der Waals surface area (Å²) in [7, 11) is 1.49. The molecule has 2 aromatic rings. The summed E-state index contributed by atoms with van der Waals surface area (Å²) in [4.78, 5) is 42.3. The fourth-order valence-electron chi connectivity index (χ4n) is 2.02. The Balaban J connectivity index is 2.94. The first-order chi connectivity index (χ1) is 9.86. The van der Waals surface area contributed by atoms with Crippen LogP contribution in [0, 0.1) is 0 Å². The Morgan fingerprint density at radius 2 is 2.10 bits per heavy atom. The molecule has 0 aliphatic heterocycles. The summed E-state index contributed by atoms with van der Waals surface area (Å²) in [5.74, 6) is -0.562. The lowest BCUT2D eigenvalue weighted by atomic mass is 10.1. The molecule has 0 atom stereocenters. The smallest absolute Gasteiger partial charge is 0.339 e. The lowest BCUT2D eigenvalue weighted by molar-refractivity contribution is 0.0528. The molecule has 21 heavy (non-hydrogen) atoms. The van der Waals surface area contributed by atoms with Crippen LogP contribution < -0.4 is 11.2 Å². The summed E-state index contributed by atoms with van der Waals surface area (Å²) in [6.45, 7) is 5.71. The lowest BCUT2D eigenvalue weighted by Crippen LogP contribution is -2.30. The second-order valence-electron chi connectivity index (χ2n) is 4.99. The summed E-state index contributed by atoms with van der Waals surface area (Å²) in [6, 6.07) is 1.55. The van der Waals surface area contributed by atoms with Crippen LogP contribution in [0.5, 0.6) is 0 Å². The van der Waals surface area contributed by atoms with Gasteiger partial charge in [0, 0.05) is 12.7 Å². The van der Waals surface area contributed by atoms with Crippen molar-refractivity contribution in [2.75, 3.05) is 6.61 Å². The number of aryl methyl sites for hydroxylation is 1. The van der Waals surface area contributed by atoms with Crippen LogP contribution in [-0.2, 0) is 11.8 Å². The monoisotopic (exact) mass is 291 g/mol. The number of carbonyl (C=O) groups is 1. The summed E-state index contributed by atoms with van der Waals surface area (Å²) in [6.07, 6.45) is 0. The summed E-state index contributed by atoms with van der Waals surface area (Å²) >= 11 is 0. The first-order valence-corrected chi connectivity index (χ1v) is 6.67. The molecule has 0 spiro atoms. The van der Waals surface area contributed by atoms with E-state index in [0.717, 1.165) is 0 Å². The number of rotatable bonds is 3. The Morgan fingerprint density at radius 1 is 1.43 bits per heavy atom. The van der Waals surface area contributed by atoms with E-state index < -0.39 is 17.2 Å². The zero-order chi connectivity index (χ0) is 15.7. The molecule has 1 N–H and O–H groups in total. The lowest BCUT2D eigenvalue weighted by Gasteiger charge is -2.12. The van der Waals surface area contributed by atoms with Crippen LogP contribution in [0.3, 0.4) is 0 Å². The number of nitrogens with one attached hydrogen (secondary N) is 1. The van der Waals surface area contributed by atoms with Gasteiger partial charge in [-0.2, -0.15) is 0 Å². The molecule has 2 aromatic heterocycles. The van der Waals surface area contributed by atoms with Gasteiger partial charge in [0.15, 0.2) is 0 Å². The third-order valence-electron chi connectivity index (χ3n) is 3.18. The quantitative estimate of drug-likeness (QED) is 0.849. The van der Waals surface area contributed by atoms with E-state index in [1.165, 1.54) is 11.6 Å². The highest BCUT2D eigenvalue weighted by Gasteiger charge is 2.20. The maximum absolute atomic E-state index is 12.1. The Kier molecular flexibility index (Phi) is 3.93. The maximum atomic E-state index is 12.1. The zero-order valence-electron chi connectivity index (χ0n) is 12.4. The molecule has 2 rings (SSSR count). The molecule has 2 heterocycles. The molecule has 0 saturated heterocycles. The number of carbonyl (C=O) groups excluding carboxylic acids is 1. The fourth-order valence-corrected chi connectivity index (χ4v) is 2.02. The topological polar surface area (TPSA) is 94.1 Å². The minimum Gasteiger partial charge on any atom is -0.462 e. The van der Waals surface area contributed by atoms with Crippen molar-refractivity contribution in [1.29, 1.82) is 0 Å². The summed E-state index contributed by atoms with van der Waals surface area (Å²) in [5, 5.41) is 0.0694. The van der Waals surface area contributed by atoms with E-state index in [1.807, 2.05) is 13.8 Å². The average Bonchev–Trinajstić information content (AvgIpc) is 2.43. The molecular weight excluding hydrogens is 274 g/mol. The van der Waals surface area contributed by atoms with E-state index in [0.29, 0.717) is 5.69 Å². The van der Waals surface area contributed by atoms with E-state index in [1.54, 1.807) is 13.0 Å². The third kappa shape index (κ3) is 2.58. The second kappa shape index (κ2) is 5.51. The van der Waals surface area contributed by atoms with E-state index in [2.05, 4.69) is 9.97 Å². The zero-order valence-corrected chi connectivity index (χ0v) is 12.4. The summed E-state index contributed by atoms with van der Waals surface area (Å²) in [5.41, 5.74) is -0.291. The molecule has 7 nitrogen and oxygen atoms in total. The molecule has 112 valence electrons. The minimum atomic E-state index is -0.640. The normalized spacial score (nSPS) is 11.1. The van der Waals surface area contributed by atoms with Gasteiger partial charge in [-0.1, -0.05) is 13.8 Å². The van der Waals surface area contributed by atoms with Gasteiger partial charge in [-0.25, -0.2) is 14.6 Å². The number of hydrogen-bond donors (Lipinski definition) is 1. The standard InChI is InChI=1S/C14H17N3O4/c1-5-21-13(19)8-6-9(7(2)3)15-11-10(8)12(18)16-14(20)17(11)4/h6-7H,5H2,1-4H3,(H,16,18,20). The van der Waals surface area contributed by atoms with Crippen molar-refractivity contribution in [3.8, 4) is 0 Å². The van der Waals surface area contributed by atoms with Gasteiger partial charge in [0.25, 0.3) is 5.56 Å². The van der Waals surface area contributed by atoms with Crippen LogP contribution in [0.15, 0.2) is 15.7 Å². The Morgan fingerprint density at radius 3 is 2.67 bits per heavy atom. The van der Waals surface area contributed by atoms with Crippen LogP contribution in [0.1, 0.15) is 42.7 Å². The second-order valence-corrected chi connectivity index (χ2v) is 4.99. The Labute approximate surface area is 120 Å². The number of nitrogens with zero attached hydrogens (tertiary/aromatic N) is 2. The number of esters is 1. The van der Waals surface area contributed by atoms with Crippen LogP contribution in [-0.4, -0.2) is 27.1 Å². The molecule has 0 aliphatic rings. The highest BCUT2D eigenvalue weighted by Crippen LogP contribution is 2.19. The minimum absolute atomic E-state index is 0.0389. The van der Waals surface area contributed by atoms with Gasteiger partial charge < -0.3 is 4.74 Å². The van der Waals surface area contributed by atoms with E-state index in [-0.39, 0.29) is 29.1 Å². The molecule has 0 unspecified atom stereocenters. The van der Waals surface area contributed by atoms with Gasteiger partial charge in [-0.15, -0.1) is 0 Å². The first-order valence-electron chi connectivity index (χ1n) is 6.67. The van der Waals surface area contributed by atoms with Gasteiger partial charge in [0.2, 0.25) is 0 Å². The maximum Gasteiger partial charge on any atom is 0.339 e. The molecule has 0 saturated carbocycles. The van der Waals surface area contributed by atoms with Gasteiger partial charge in [0.05, 0.1) is 17.6 Å². The number of fused-ring (bicyclic) bond motifs is 1. The van der Waals surface area contributed by atoms with E-state index in [9.17, 15) is 14.4 Å². The van der Waals surface area contributed by atoms with Crippen molar-refractivity contribution in [3.63, 3.8) is 0 Å². The van der Waals surface area contributed by atoms with Crippen molar-refractivity contribution in [2.45, 2.75) is 26.7 Å². The number of ether oxygens (including phenoxy) is 1. The molecule has 0 bridgehead atoms. The van der Waals surface area contributed by atoms with Crippen LogP contribution in [0.2, 0.25) is 0 Å². The van der Waals surface area contributed by atoms with E-state index >= 15 is 0 Å². The van der Waals surface area contributed by atoms with Crippen molar-refractivity contribution >= 4 is 17.0 Å². The SMILES string of the molecule is CCOC(=O)c1cc(C(C)C)nc2c1c(=O)[nH]c(=O)n2C. The number of hydrogen-bond acceptors (Lipinski definition) is 5. The van der Waals surface area contributed by atoms with Gasteiger partial charge >= 0.3 is 11.7 Å². The summed E-state index contributed by atoms with van der Waals surface area (Å²) < 4.78 is 6.20. The molecule has 0 fully saturated rings. The fraction of sp³-hybridized carbons (Fsp3) is 0.429. The molecule has 0 radical (unpaired) electrons. The molecule has 0 aliphatic carbocycles. The number of aromatic amines is 1. The predicted octanol–water partition coefficient (Wildman–Crippen LogP) is 0.922. The predicted molar refractivity (Wildman–Crippen MR) is 77.7 cm³/mol. The van der Waals surface area contributed by atoms with Crippen LogP contribution in [0.25, 0.3) is 11.0 Å². The van der Waals surface area contributed by atoms with Crippen molar-refractivity contribution in [3.05, 3.63) is 38.2 Å². The molecular formula is C14H17N3O4. The first kappa shape index (κ1) is 15.0. The molecule has 7 heteroatoms. The van der Waals surface area contributed by atoms with Gasteiger partial charge in [-0.3, -0.25) is 14.3 Å². The Bertz CT molecular complexity index is 817. The average molecular weight is 291 g/mol. The molecule has 0 aromatic carbocycles. The largest absolute Gasteiger partial charge is 0.462 e. The molecule has 0 amide bonds. The Hall–Kier alpha value is -2.44. The van der Waals surface area contributed by atoms with Gasteiger partial charge in [0.1, 0.15) is 5.65 Å².